The van der Waals surface area contributed by atoms with Crippen molar-refractivity contribution in [1.29, 1.82) is 0 Å². The zero-order valence-electron chi connectivity index (χ0n) is 11.3. The summed E-state index contributed by atoms with van der Waals surface area (Å²) in [6.45, 7) is 0. The number of benzene rings is 2. The lowest BCUT2D eigenvalue weighted by Gasteiger charge is -2.07. The van der Waals surface area contributed by atoms with Crippen molar-refractivity contribution in [3.63, 3.8) is 0 Å². The normalized spacial score (nSPS) is 13.0. The molecule has 2 heterocycles. The van der Waals surface area contributed by atoms with E-state index in [0.717, 1.165) is 28.5 Å². The summed E-state index contributed by atoms with van der Waals surface area (Å²) in [7, 11) is 0. The molecule has 22 heavy (non-hydrogen) atoms. The van der Waals surface area contributed by atoms with E-state index in [0.29, 0.717) is 23.2 Å². The smallest absolute Gasteiger partial charge is 0.255 e. The van der Waals surface area contributed by atoms with E-state index in [-0.39, 0.29) is 11.8 Å². The third-order valence-corrected chi connectivity index (χ3v) is 4.06. The number of fused-ring (bicyclic) bond motifs is 2. The number of hydrogen-bond acceptors (Lipinski definition) is 5. The Morgan fingerprint density at radius 1 is 1.14 bits per heavy atom. The summed E-state index contributed by atoms with van der Waals surface area (Å²) in [5, 5.41) is 5.60. The molecule has 0 unspecified atom stereocenters. The zero-order valence-corrected chi connectivity index (χ0v) is 12.1. The molecule has 0 atom stereocenters. The van der Waals surface area contributed by atoms with Gasteiger partial charge in [-0.1, -0.05) is 0 Å². The topological polar surface area (TPSA) is 84.0 Å². The van der Waals surface area contributed by atoms with Crippen LogP contribution in [0.2, 0.25) is 0 Å². The molecule has 1 aliphatic rings. The van der Waals surface area contributed by atoms with Crippen molar-refractivity contribution in [3.05, 3.63) is 47.5 Å². The third-order valence-electron chi connectivity index (χ3n) is 3.50. The van der Waals surface area contributed by atoms with Crippen LogP contribution < -0.4 is 10.6 Å². The van der Waals surface area contributed by atoms with Crippen LogP contribution in [-0.4, -0.2) is 20.6 Å². The first-order valence-electron chi connectivity index (χ1n) is 6.65. The van der Waals surface area contributed by atoms with E-state index >= 15 is 0 Å². The quantitative estimate of drug-likeness (QED) is 0.761. The number of nitrogens with zero attached hydrogens (tertiary/aromatic N) is 2. The molecular weight excluding hydrogens is 300 g/mol. The van der Waals surface area contributed by atoms with E-state index in [1.165, 1.54) is 0 Å². The second-order valence-corrected chi connectivity index (χ2v) is 5.55. The molecule has 1 aromatic heterocycles. The molecule has 2 amide bonds. The van der Waals surface area contributed by atoms with Crippen LogP contribution in [0.1, 0.15) is 15.9 Å². The van der Waals surface area contributed by atoms with Crippen molar-refractivity contribution in [2.24, 2.45) is 0 Å². The molecule has 6 nitrogen and oxygen atoms in total. The van der Waals surface area contributed by atoms with Gasteiger partial charge in [0.25, 0.3) is 5.91 Å². The second kappa shape index (κ2) is 4.88. The van der Waals surface area contributed by atoms with Gasteiger partial charge >= 0.3 is 0 Å². The Balaban J connectivity index is 1.59. The molecule has 0 spiro atoms. The number of nitrogens with one attached hydrogen (secondary N) is 2. The Morgan fingerprint density at radius 3 is 2.91 bits per heavy atom. The molecular formula is C15H10N4O2S. The van der Waals surface area contributed by atoms with Crippen molar-refractivity contribution in [3.8, 4) is 0 Å². The predicted molar refractivity (Wildman–Crippen MR) is 84.1 cm³/mol. The Labute approximate surface area is 129 Å². The predicted octanol–water partition coefficient (Wildman–Crippen LogP) is 2.44. The van der Waals surface area contributed by atoms with Gasteiger partial charge in [-0.25, -0.2) is 0 Å². The Morgan fingerprint density at radius 2 is 2.00 bits per heavy atom. The fourth-order valence-electron chi connectivity index (χ4n) is 2.43. The van der Waals surface area contributed by atoms with E-state index in [1.54, 1.807) is 30.3 Å². The van der Waals surface area contributed by atoms with Gasteiger partial charge in [0, 0.05) is 16.9 Å². The number of carbonyl (C=O) groups excluding carboxylic acids is 2. The van der Waals surface area contributed by atoms with Gasteiger partial charge in [0.2, 0.25) is 5.91 Å². The SMILES string of the molecule is O=C1Cc2cc(NC(=O)c3ccc4nsnc4c3)ccc2N1. The van der Waals surface area contributed by atoms with E-state index in [2.05, 4.69) is 19.4 Å². The third kappa shape index (κ3) is 2.21. The van der Waals surface area contributed by atoms with Crippen LogP contribution in [0.25, 0.3) is 11.0 Å². The van der Waals surface area contributed by atoms with E-state index in [9.17, 15) is 9.59 Å². The summed E-state index contributed by atoms with van der Waals surface area (Å²) in [5.41, 5.74) is 4.37. The average Bonchev–Trinajstić information content (AvgIpc) is 3.10. The minimum atomic E-state index is -0.216. The lowest BCUT2D eigenvalue weighted by molar-refractivity contribution is -0.115. The summed E-state index contributed by atoms with van der Waals surface area (Å²) in [5.74, 6) is -0.243. The highest BCUT2D eigenvalue weighted by Crippen LogP contribution is 2.26. The molecule has 108 valence electrons. The fourth-order valence-corrected chi connectivity index (χ4v) is 2.95. The highest BCUT2D eigenvalue weighted by atomic mass is 32.1. The molecule has 0 radical (unpaired) electrons. The first-order chi connectivity index (χ1) is 10.7. The standard InChI is InChI=1S/C15H10N4O2S/c20-14-7-9-5-10(2-4-11(9)17-14)16-15(21)8-1-3-12-13(6-8)19-22-18-12/h1-6H,7H2,(H,16,21)(H,17,20). The van der Waals surface area contributed by atoms with E-state index in [4.69, 9.17) is 0 Å². The minimum Gasteiger partial charge on any atom is -0.326 e. The molecule has 0 saturated carbocycles. The number of rotatable bonds is 2. The summed E-state index contributed by atoms with van der Waals surface area (Å²) in [6.07, 6.45) is 0.343. The summed E-state index contributed by atoms with van der Waals surface area (Å²) < 4.78 is 8.24. The van der Waals surface area contributed by atoms with Crippen molar-refractivity contribution >= 4 is 46.0 Å². The van der Waals surface area contributed by atoms with Crippen molar-refractivity contribution in [2.45, 2.75) is 6.42 Å². The summed E-state index contributed by atoms with van der Waals surface area (Å²) in [6, 6.07) is 10.6. The van der Waals surface area contributed by atoms with Gasteiger partial charge in [-0.2, -0.15) is 8.75 Å². The van der Waals surface area contributed by atoms with Crippen molar-refractivity contribution < 1.29 is 9.59 Å². The first kappa shape index (κ1) is 12.9. The second-order valence-electron chi connectivity index (χ2n) is 5.02. The molecule has 0 aliphatic carbocycles. The van der Waals surface area contributed by atoms with Gasteiger partial charge in [-0.05, 0) is 42.0 Å². The lowest BCUT2D eigenvalue weighted by Crippen LogP contribution is -2.11. The molecule has 7 heteroatoms. The van der Waals surface area contributed by atoms with Crippen molar-refractivity contribution in [2.75, 3.05) is 10.6 Å². The van der Waals surface area contributed by atoms with Gasteiger partial charge in [0.1, 0.15) is 11.0 Å². The molecule has 4 rings (SSSR count). The van der Waals surface area contributed by atoms with Gasteiger partial charge in [0.05, 0.1) is 18.1 Å². The van der Waals surface area contributed by atoms with E-state index in [1.807, 2.05) is 6.07 Å². The van der Waals surface area contributed by atoms with Gasteiger partial charge < -0.3 is 10.6 Å². The molecule has 2 aromatic carbocycles. The summed E-state index contributed by atoms with van der Waals surface area (Å²) in [4.78, 5) is 23.6. The van der Waals surface area contributed by atoms with Gasteiger partial charge in [-0.15, -0.1) is 0 Å². The van der Waals surface area contributed by atoms with Gasteiger partial charge in [-0.3, -0.25) is 9.59 Å². The van der Waals surface area contributed by atoms with Crippen LogP contribution in [0.4, 0.5) is 11.4 Å². The van der Waals surface area contributed by atoms with Gasteiger partial charge in [0.15, 0.2) is 0 Å². The fraction of sp³-hybridized carbons (Fsp3) is 0.0667. The number of carbonyl (C=O) groups is 2. The van der Waals surface area contributed by atoms with Crippen LogP contribution in [0, 0.1) is 0 Å². The Bertz CT molecular complexity index is 919. The monoisotopic (exact) mass is 310 g/mol. The maximum absolute atomic E-state index is 12.3. The molecule has 0 saturated heterocycles. The first-order valence-corrected chi connectivity index (χ1v) is 7.38. The number of amides is 2. The maximum atomic E-state index is 12.3. The van der Waals surface area contributed by atoms with Crippen LogP contribution in [0.3, 0.4) is 0 Å². The molecule has 3 aromatic rings. The van der Waals surface area contributed by atoms with E-state index < -0.39 is 0 Å². The number of anilines is 2. The molecule has 1 aliphatic heterocycles. The highest BCUT2D eigenvalue weighted by Gasteiger charge is 2.18. The Kier molecular flexibility index (Phi) is 2.87. The largest absolute Gasteiger partial charge is 0.326 e. The highest BCUT2D eigenvalue weighted by molar-refractivity contribution is 7.00. The van der Waals surface area contributed by atoms with Crippen LogP contribution >= 0.6 is 11.7 Å². The zero-order chi connectivity index (χ0) is 15.1. The maximum Gasteiger partial charge on any atom is 0.255 e. The molecule has 2 N–H and O–H groups in total. The number of aromatic nitrogens is 2. The van der Waals surface area contributed by atoms with Crippen LogP contribution in [0.5, 0.6) is 0 Å². The minimum absolute atomic E-state index is 0.0278. The molecule has 0 fully saturated rings. The summed E-state index contributed by atoms with van der Waals surface area (Å²) >= 11 is 1.12. The van der Waals surface area contributed by atoms with Crippen molar-refractivity contribution in [1.82, 2.24) is 8.75 Å². The average molecular weight is 310 g/mol. The van der Waals surface area contributed by atoms with Crippen LogP contribution in [0.15, 0.2) is 36.4 Å². The lowest BCUT2D eigenvalue weighted by atomic mass is 10.1. The number of hydrogen-bond donors (Lipinski definition) is 2. The van der Waals surface area contributed by atoms with Crippen LogP contribution in [-0.2, 0) is 11.2 Å². The Hall–Kier alpha value is -2.80. The molecule has 0 bridgehead atoms.